The fourth-order valence-corrected chi connectivity index (χ4v) is 3.70. The number of nitrogens with two attached hydrogens (primary N) is 2. The van der Waals surface area contributed by atoms with Gasteiger partial charge in [0.05, 0.1) is 12.9 Å². The zero-order chi connectivity index (χ0) is 23.5. The Morgan fingerprint density at radius 2 is 2.15 bits per heavy atom. The number of fused-ring (bicyclic) bond motifs is 1. The number of guanidine groups is 1. The molecule has 178 valence electrons. The van der Waals surface area contributed by atoms with Crippen molar-refractivity contribution in [2.24, 2.45) is 16.5 Å². The first kappa shape index (κ1) is 28.1. The SMILES string of the molecule is NC(N)=NCCCCNc1nc(=S)c2ncn([C@@H]3O[C@H](COP(=O)([O-])O)[C@H](O)C3O)c2[nH]1.[Na+]. The van der Waals surface area contributed by atoms with Crippen molar-refractivity contribution in [3.8, 4) is 0 Å². The maximum absolute atomic E-state index is 10.8. The molecular formula is C15H24N8NaO7PS. The van der Waals surface area contributed by atoms with Gasteiger partial charge in [0.1, 0.15) is 29.5 Å². The van der Waals surface area contributed by atoms with Gasteiger partial charge in [0.25, 0.3) is 7.82 Å². The molecule has 0 amide bonds. The molecule has 5 atom stereocenters. The number of aliphatic imine (C=N–C) groups is 1. The summed E-state index contributed by atoms with van der Waals surface area (Å²) in [6, 6.07) is 0. The molecule has 0 aliphatic carbocycles. The summed E-state index contributed by atoms with van der Waals surface area (Å²) in [6.45, 7) is 0.374. The zero-order valence-electron chi connectivity index (χ0n) is 17.7. The molecule has 3 heterocycles. The molecule has 0 saturated carbocycles. The number of imidazole rings is 1. The van der Waals surface area contributed by atoms with Gasteiger partial charge in [0.2, 0.25) is 5.95 Å². The van der Waals surface area contributed by atoms with Crippen molar-refractivity contribution < 1.29 is 63.4 Å². The molecule has 9 N–H and O–H groups in total. The minimum atomic E-state index is -5.02. The molecule has 1 aliphatic rings. The van der Waals surface area contributed by atoms with Gasteiger partial charge < -0.3 is 51.0 Å². The molecule has 3 rings (SSSR count). The van der Waals surface area contributed by atoms with E-state index in [2.05, 4.69) is 29.8 Å². The summed E-state index contributed by atoms with van der Waals surface area (Å²) >= 11 is 5.28. The topological polar surface area (TPSA) is 242 Å². The fraction of sp³-hybridized carbons (Fsp3) is 0.600. The van der Waals surface area contributed by atoms with E-state index in [1.807, 2.05) is 0 Å². The second-order valence-electron chi connectivity index (χ2n) is 6.99. The molecule has 18 heteroatoms. The summed E-state index contributed by atoms with van der Waals surface area (Å²) < 4.78 is 22.2. The van der Waals surface area contributed by atoms with E-state index in [1.165, 1.54) is 10.9 Å². The molecule has 1 saturated heterocycles. The second-order valence-corrected chi connectivity index (χ2v) is 8.57. The van der Waals surface area contributed by atoms with Crippen LogP contribution in [0.15, 0.2) is 11.3 Å². The number of H-pyrrole nitrogens is 1. The molecule has 1 aliphatic heterocycles. The minimum Gasteiger partial charge on any atom is -0.756 e. The smallest absolute Gasteiger partial charge is 0.756 e. The first-order chi connectivity index (χ1) is 15.1. The predicted octanol–water partition coefficient (Wildman–Crippen LogP) is -4.95. The Labute approximate surface area is 215 Å². The molecule has 2 unspecified atom stereocenters. The van der Waals surface area contributed by atoms with Crippen LogP contribution in [0.2, 0.25) is 0 Å². The van der Waals surface area contributed by atoms with E-state index in [4.69, 9.17) is 33.3 Å². The molecular weight excluding hydrogens is 490 g/mol. The van der Waals surface area contributed by atoms with Crippen LogP contribution in [-0.4, -0.2) is 78.6 Å². The van der Waals surface area contributed by atoms with Crippen LogP contribution in [0, 0.1) is 4.64 Å². The number of nitrogens with zero attached hydrogens (tertiary/aromatic N) is 4. The fourth-order valence-electron chi connectivity index (χ4n) is 3.13. The maximum atomic E-state index is 10.8. The van der Waals surface area contributed by atoms with Crippen LogP contribution in [0.1, 0.15) is 19.1 Å². The number of hydrogen-bond donors (Lipinski definition) is 7. The third-order valence-corrected chi connectivity index (χ3v) is 5.39. The summed E-state index contributed by atoms with van der Waals surface area (Å²) in [5.41, 5.74) is 11.2. The number of hydrogen-bond acceptors (Lipinski definition) is 11. The summed E-state index contributed by atoms with van der Waals surface area (Å²) in [7, 11) is -5.02. The van der Waals surface area contributed by atoms with Gasteiger partial charge in [-0.3, -0.25) is 14.1 Å². The van der Waals surface area contributed by atoms with Crippen LogP contribution in [-0.2, 0) is 13.8 Å². The number of anilines is 1. The number of unbranched alkanes of at least 4 members (excludes halogenated alkanes) is 1. The second kappa shape index (κ2) is 12.0. The number of aromatic amines is 1. The normalized spacial score (nSPS) is 24.2. The van der Waals surface area contributed by atoms with Crippen molar-refractivity contribution in [3.05, 3.63) is 11.0 Å². The van der Waals surface area contributed by atoms with Crippen LogP contribution in [0.4, 0.5) is 5.95 Å². The van der Waals surface area contributed by atoms with Gasteiger partial charge in [-0.15, -0.1) is 0 Å². The first-order valence-corrected chi connectivity index (χ1v) is 11.4. The largest absolute Gasteiger partial charge is 1.00 e. The molecule has 33 heavy (non-hydrogen) atoms. The molecule has 2 aromatic heterocycles. The van der Waals surface area contributed by atoms with Gasteiger partial charge >= 0.3 is 29.6 Å². The monoisotopic (exact) mass is 514 g/mol. The third-order valence-electron chi connectivity index (χ3n) is 4.63. The third kappa shape index (κ3) is 7.40. The molecule has 0 spiro atoms. The van der Waals surface area contributed by atoms with Crippen LogP contribution < -0.4 is 51.2 Å². The number of phosphoric acid groups is 1. The number of aromatic nitrogens is 4. The molecule has 0 bridgehead atoms. The Morgan fingerprint density at radius 3 is 2.82 bits per heavy atom. The standard InChI is InChI=1S/C15H25N8O7PS.Na/c16-14(17)18-3-1-2-4-19-15-21-11-8(12(32)22-15)20-6-23(11)13-10(25)9(24)7(30-13)5-29-31(26,27)28;/h6-7,9-10,13,24-25H,1-5H2,(H4,16,17,18)(H2,26,27,28)(H2,19,21,22,32);/q;+1/p-1/t7-,9+,10?,13-;/m1./s1. The van der Waals surface area contributed by atoms with Gasteiger partial charge in [-0.2, -0.15) is 0 Å². The van der Waals surface area contributed by atoms with E-state index >= 15 is 0 Å². The van der Waals surface area contributed by atoms with E-state index in [9.17, 15) is 19.7 Å². The summed E-state index contributed by atoms with van der Waals surface area (Å²) in [5.74, 6) is 0.391. The van der Waals surface area contributed by atoms with Crippen LogP contribution in [0.25, 0.3) is 11.2 Å². The van der Waals surface area contributed by atoms with Crippen molar-refractivity contribution >= 4 is 43.1 Å². The number of rotatable bonds is 10. The van der Waals surface area contributed by atoms with Gasteiger partial charge in [0.15, 0.2) is 16.8 Å². The average Bonchev–Trinajstić information content (AvgIpc) is 3.24. The van der Waals surface area contributed by atoms with Crippen molar-refractivity contribution in [3.63, 3.8) is 0 Å². The van der Waals surface area contributed by atoms with E-state index in [-0.39, 0.29) is 40.2 Å². The number of nitrogens with one attached hydrogen (secondary N) is 2. The van der Waals surface area contributed by atoms with Crippen LogP contribution >= 0.6 is 20.0 Å². The predicted molar refractivity (Wildman–Crippen MR) is 113 cm³/mol. The minimum absolute atomic E-state index is 0. The quantitative estimate of drug-likeness (QED) is 0.0393. The Balaban J connectivity index is 0.00000385. The number of phosphoric ester groups is 1. The Kier molecular flexibility index (Phi) is 10.2. The number of aliphatic hydroxyl groups is 2. The summed E-state index contributed by atoms with van der Waals surface area (Å²) in [4.78, 5) is 34.9. The summed E-state index contributed by atoms with van der Waals surface area (Å²) in [6.07, 6.45) is -2.41. The van der Waals surface area contributed by atoms with E-state index < -0.39 is 39.0 Å². The van der Waals surface area contributed by atoms with E-state index in [0.717, 1.165) is 12.8 Å². The Morgan fingerprint density at radius 1 is 1.42 bits per heavy atom. The molecule has 2 aromatic rings. The van der Waals surface area contributed by atoms with Crippen LogP contribution in [0.3, 0.4) is 0 Å². The van der Waals surface area contributed by atoms with Crippen LogP contribution in [0.5, 0.6) is 0 Å². The van der Waals surface area contributed by atoms with Crippen molar-refractivity contribution in [2.45, 2.75) is 37.4 Å². The average molecular weight is 514 g/mol. The van der Waals surface area contributed by atoms with Gasteiger partial charge in [-0.1, -0.05) is 12.2 Å². The zero-order valence-corrected chi connectivity index (χ0v) is 21.4. The van der Waals surface area contributed by atoms with Crippen molar-refractivity contribution in [2.75, 3.05) is 25.0 Å². The van der Waals surface area contributed by atoms with Gasteiger partial charge in [0, 0.05) is 13.1 Å². The first-order valence-electron chi connectivity index (χ1n) is 9.53. The molecule has 0 aromatic carbocycles. The number of ether oxygens (including phenoxy) is 1. The van der Waals surface area contributed by atoms with Gasteiger partial charge in [-0.25, -0.2) is 9.97 Å². The number of aliphatic hydroxyl groups excluding tert-OH is 2. The van der Waals surface area contributed by atoms with E-state index in [1.54, 1.807) is 0 Å². The maximum Gasteiger partial charge on any atom is 1.00 e. The molecule has 0 radical (unpaired) electrons. The Bertz CT molecular complexity index is 1070. The van der Waals surface area contributed by atoms with Gasteiger partial charge in [-0.05, 0) is 12.8 Å². The van der Waals surface area contributed by atoms with Crippen molar-refractivity contribution in [1.82, 2.24) is 19.5 Å². The van der Waals surface area contributed by atoms with E-state index in [0.29, 0.717) is 30.2 Å². The summed E-state index contributed by atoms with van der Waals surface area (Å²) in [5, 5.41) is 23.7. The molecule has 1 fully saturated rings. The molecule has 15 nitrogen and oxygen atoms in total. The Hall–Kier alpha value is -1.17. The van der Waals surface area contributed by atoms with Crippen molar-refractivity contribution in [1.29, 1.82) is 0 Å².